The topological polar surface area (TPSA) is 76.0 Å². The van der Waals surface area contributed by atoms with Crippen LogP contribution in [-0.4, -0.2) is 21.6 Å². The third-order valence-electron chi connectivity index (χ3n) is 5.42. The molecule has 2 aromatic carbocycles. The van der Waals surface area contributed by atoms with Gasteiger partial charge in [0.05, 0.1) is 12.0 Å². The van der Waals surface area contributed by atoms with E-state index >= 15 is 0 Å². The number of allylic oxidation sites excluding steroid dienone is 2. The highest BCUT2D eigenvalue weighted by Gasteiger charge is 2.37. The van der Waals surface area contributed by atoms with Gasteiger partial charge in [0, 0.05) is 5.56 Å². The molecule has 2 heterocycles. The van der Waals surface area contributed by atoms with Crippen LogP contribution < -0.4 is 9.47 Å². The Morgan fingerprint density at radius 2 is 1.87 bits per heavy atom. The quantitative estimate of drug-likeness (QED) is 0.659. The van der Waals surface area contributed by atoms with E-state index in [2.05, 4.69) is 6.08 Å². The van der Waals surface area contributed by atoms with Gasteiger partial charge in [-0.15, -0.1) is 0 Å². The summed E-state index contributed by atoms with van der Waals surface area (Å²) in [5, 5.41) is 20.5. The zero-order valence-corrected chi connectivity index (χ0v) is 17.7. The summed E-state index contributed by atoms with van der Waals surface area (Å²) in [6.07, 6.45) is 5.88. The van der Waals surface area contributed by atoms with Crippen LogP contribution in [0.4, 0.5) is 0 Å². The van der Waals surface area contributed by atoms with Crippen LogP contribution in [0.15, 0.2) is 42.0 Å². The molecule has 2 N–H and O–H groups in total. The number of carbonyl (C=O) groups is 1. The van der Waals surface area contributed by atoms with Crippen molar-refractivity contribution in [3.8, 4) is 23.0 Å². The van der Waals surface area contributed by atoms with E-state index in [9.17, 15) is 15.0 Å². The summed E-state index contributed by atoms with van der Waals surface area (Å²) in [7, 11) is 0. The Hall–Kier alpha value is -3.21. The lowest BCUT2D eigenvalue weighted by Gasteiger charge is -2.34. The van der Waals surface area contributed by atoms with E-state index < -0.39 is 11.7 Å². The van der Waals surface area contributed by atoms with Crippen molar-refractivity contribution in [2.75, 3.05) is 0 Å². The minimum Gasteiger partial charge on any atom is -0.508 e. The van der Waals surface area contributed by atoms with E-state index in [4.69, 9.17) is 9.47 Å². The molecule has 0 saturated carbocycles. The first-order valence-corrected chi connectivity index (χ1v) is 10.1. The van der Waals surface area contributed by atoms with E-state index in [1.807, 2.05) is 39.8 Å². The van der Waals surface area contributed by atoms with Crippen LogP contribution in [0.1, 0.15) is 67.3 Å². The minimum absolute atomic E-state index is 0.0955. The predicted octanol–water partition coefficient (Wildman–Crippen LogP) is 5.50. The molecule has 0 radical (unpaired) electrons. The smallest absolute Gasteiger partial charge is 0.174 e. The summed E-state index contributed by atoms with van der Waals surface area (Å²) >= 11 is 0. The van der Waals surface area contributed by atoms with Crippen LogP contribution in [0.3, 0.4) is 0 Å². The fraction of sp³-hybridized carbons (Fsp3) is 0.320. The van der Waals surface area contributed by atoms with E-state index in [1.165, 1.54) is 0 Å². The lowest BCUT2D eigenvalue weighted by atomic mass is 9.88. The standard InChI is InChI=1S/C25H26O5/c1-14(2)5-10-18-23-17(11-12-25(3,4)30-23)22(28)21-19(27)13-20(29-24(18)21)15-6-8-16(26)9-7-15/h5-9,11-12,20,26,28H,10,13H2,1-4H3/t20-/m0/s1. The minimum atomic E-state index is -0.539. The van der Waals surface area contributed by atoms with Crippen LogP contribution in [-0.2, 0) is 6.42 Å². The predicted molar refractivity (Wildman–Crippen MR) is 115 cm³/mol. The highest BCUT2D eigenvalue weighted by atomic mass is 16.5. The molecule has 4 rings (SSSR count). The second-order valence-corrected chi connectivity index (χ2v) is 8.62. The molecule has 0 saturated heterocycles. The molecule has 0 aliphatic carbocycles. The fourth-order valence-electron chi connectivity index (χ4n) is 3.83. The number of ketones is 1. The van der Waals surface area contributed by atoms with Crippen molar-refractivity contribution in [3.63, 3.8) is 0 Å². The number of carbonyl (C=O) groups excluding carboxylic acids is 1. The number of phenols is 2. The zero-order valence-electron chi connectivity index (χ0n) is 17.7. The summed E-state index contributed by atoms with van der Waals surface area (Å²) in [5.74, 6) is 0.812. The molecule has 0 bridgehead atoms. The van der Waals surface area contributed by atoms with E-state index in [0.717, 1.165) is 16.7 Å². The average Bonchev–Trinajstić information content (AvgIpc) is 2.67. The van der Waals surface area contributed by atoms with Gasteiger partial charge in [0.2, 0.25) is 0 Å². The largest absolute Gasteiger partial charge is 0.508 e. The van der Waals surface area contributed by atoms with Gasteiger partial charge < -0.3 is 19.7 Å². The SMILES string of the molecule is CC(C)=CCc1c2c(c(O)c3c1O[C@H](c1ccc(O)cc1)CC3=O)C=CC(C)(C)O2. The van der Waals surface area contributed by atoms with Crippen molar-refractivity contribution in [1.82, 2.24) is 0 Å². The summed E-state index contributed by atoms with van der Waals surface area (Å²) in [6.45, 7) is 7.91. The van der Waals surface area contributed by atoms with Gasteiger partial charge in [0.1, 0.15) is 40.3 Å². The first-order chi connectivity index (χ1) is 14.2. The third kappa shape index (κ3) is 3.56. The summed E-state index contributed by atoms with van der Waals surface area (Å²) in [4.78, 5) is 13.1. The van der Waals surface area contributed by atoms with Crippen LogP contribution in [0.2, 0.25) is 0 Å². The highest BCUT2D eigenvalue weighted by molar-refractivity contribution is 6.05. The molecule has 2 aliphatic heterocycles. The lowest BCUT2D eigenvalue weighted by Crippen LogP contribution is -2.29. The van der Waals surface area contributed by atoms with Crippen molar-refractivity contribution in [1.29, 1.82) is 0 Å². The first-order valence-electron chi connectivity index (χ1n) is 10.1. The molecular formula is C25H26O5. The molecule has 1 atom stereocenters. The Labute approximate surface area is 176 Å². The summed E-state index contributed by atoms with van der Waals surface area (Å²) in [6, 6.07) is 6.64. The molecule has 30 heavy (non-hydrogen) atoms. The summed E-state index contributed by atoms with van der Waals surface area (Å²) < 4.78 is 12.5. The molecule has 2 aliphatic rings. The van der Waals surface area contributed by atoms with Gasteiger partial charge in [-0.25, -0.2) is 0 Å². The monoisotopic (exact) mass is 406 g/mol. The first kappa shape index (κ1) is 20.1. The van der Waals surface area contributed by atoms with Crippen molar-refractivity contribution in [2.45, 2.75) is 52.2 Å². The number of hydrogen-bond acceptors (Lipinski definition) is 5. The summed E-state index contributed by atoms with van der Waals surface area (Å²) in [5.41, 5.74) is 2.88. The van der Waals surface area contributed by atoms with Crippen molar-refractivity contribution < 1.29 is 24.5 Å². The second-order valence-electron chi connectivity index (χ2n) is 8.62. The lowest BCUT2D eigenvalue weighted by molar-refractivity contribution is 0.0839. The van der Waals surface area contributed by atoms with Gasteiger partial charge in [-0.1, -0.05) is 23.8 Å². The maximum atomic E-state index is 13.1. The number of aromatic hydroxyl groups is 2. The Morgan fingerprint density at radius 3 is 2.53 bits per heavy atom. The van der Waals surface area contributed by atoms with E-state index in [-0.39, 0.29) is 29.3 Å². The molecule has 0 spiro atoms. The van der Waals surface area contributed by atoms with Crippen LogP contribution >= 0.6 is 0 Å². The Bertz CT molecular complexity index is 1070. The van der Waals surface area contributed by atoms with E-state index in [1.54, 1.807) is 24.3 Å². The molecule has 5 nitrogen and oxygen atoms in total. The number of phenolic OH excluding ortho intramolecular Hbond substituents is 2. The van der Waals surface area contributed by atoms with Crippen molar-refractivity contribution in [2.24, 2.45) is 0 Å². The number of ether oxygens (including phenoxy) is 2. The molecule has 0 amide bonds. The fourth-order valence-corrected chi connectivity index (χ4v) is 3.83. The number of rotatable bonds is 3. The van der Waals surface area contributed by atoms with Gasteiger partial charge >= 0.3 is 0 Å². The van der Waals surface area contributed by atoms with Gasteiger partial charge in [0.25, 0.3) is 0 Å². The number of Topliss-reactive ketones (excluding diaryl/α,β-unsaturated/α-hetero) is 1. The molecule has 5 heteroatoms. The van der Waals surface area contributed by atoms with E-state index in [0.29, 0.717) is 23.5 Å². The Morgan fingerprint density at radius 1 is 1.17 bits per heavy atom. The van der Waals surface area contributed by atoms with Crippen LogP contribution in [0.25, 0.3) is 6.08 Å². The van der Waals surface area contributed by atoms with Crippen molar-refractivity contribution in [3.05, 3.63) is 64.2 Å². The maximum Gasteiger partial charge on any atom is 0.174 e. The number of hydrogen-bond donors (Lipinski definition) is 2. The number of benzene rings is 2. The van der Waals surface area contributed by atoms with Gasteiger partial charge in [0.15, 0.2) is 5.78 Å². The zero-order chi connectivity index (χ0) is 21.6. The van der Waals surface area contributed by atoms with Gasteiger partial charge in [-0.3, -0.25) is 4.79 Å². The third-order valence-corrected chi connectivity index (χ3v) is 5.42. The van der Waals surface area contributed by atoms with Crippen LogP contribution in [0, 0.1) is 0 Å². The average molecular weight is 406 g/mol. The molecule has 156 valence electrons. The number of fused-ring (bicyclic) bond motifs is 2. The maximum absolute atomic E-state index is 13.1. The Balaban J connectivity index is 1.89. The van der Waals surface area contributed by atoms with Gasteiger partial charge in [-0.2, -0.15) is 0 Å². The van der Waals surface area contributed by atoms with Crippen molar-refractivity contribution >= 4 is 11.9 Å². The van der Waals surface area contributed by atoms with Crippen LogP contribution in [0.5, 0.6) is 23.0 Å². The highest BCUT2D eigenvalue weighted by Crippen LogP contribution is 2.51. The normalized spacial score (nSPS) is 18.7. The molecule has 0 unspecified atom stereocenters. The molecular weight excluding hydrogens is 380 g/mol. The van der Waals surface area contributed by atoms with Gasteiger partial charge in [-0.05, 0) is 64.0 Å². The Kier molecular flexibility index (Phi) is 4.85. The second kappa shape index (κ2) is 7.24. The molecule has 0 aromatic heterocycles. The molecule has 2 aromatic rings. The molecule has 0 fully saturated rings.